The molecule has 6 atom stereocenters. The van der Waals surface area contributed by atoms with E-state index < -0.39 is 81.5 Å². The molecule has 0 spiro atoms. The molecule has 4 aromatic rings. The average Bonchev–Trinajstić information content (AvgIpc) is 3.88. The second-order valence-electron chi connectivity index (χ2n) is 21.0. The number of aliphatic hydroxyl groups is 1. The van der Waals surface area contributed by atoms with Crippen LogP contribution in [0.15, 0.2) is 71.5 Å². The van der Waals surface area contributed by atoms with E-state index >= 15 is 0 Å². The molecule has 1 saturated heterocycles. The van der Waals surface area contributed by atoms with Crippen LogP contribution in [0.4, 0.5) is 20.4 Å². The minimum atomic E-state index is -4.63. The summed E-state index contributed by atoms with van der Waals surface area (Å²) in [5.74, 6) is -2.00. The molecule has 3 heterocycles. The number of hydrogen-bond acceptors (Lipinski definition) is 18. The lowest BCUT2D eigenvalue weighted by Gasteiger charge is -2.29. The number of unbranched alkanes of at least 4 members (excludes halogenated alkanes) is 3. The number of benzene rings is 2. The number of alkyl carbamates (subject to hydrolysis) is 1. The largest absolute Gasteiger partial charge is 0.497 e. The molecule has 4 amide bonds. The molecule has 23 heteroatoms. The number of carbonyl (C=O) groups excluding carboxylic acids is 5. The zero-order chi connectivity index (χ0) is 55.7. The van der Waals surface area contributed by atoms with Crippen molar-refractivity contribution in [3.8, 4) is 22.9 Å². The quantitative estimate of drug-likeness (QED) is 0.0128. The first kappa shape index (κ1) is 58.0. The van der Waals surface area contributed by atoms with E-state index in [1.165, 1.54) is 47.6 Å². The van der Waals surface area contributed by atoms with E-state index in [1.807, 2.05) is 25.3 Å². The minimum Gasteiger partial charge on any atom is -0.497 e. The smallest absolute Gasteiger partial charge is 0.411 e. The number of nitrogens with one attached hydrogen (secondary N) is 5. The van der Waals surface area contributed by atoms with Crippen LogP contribution in [0.3, 0.4) is 0 Å². The van der Waals surface area contributed by atoms with Crippen LogP contribution in [0, 0.1) is 5.92 Å². The molecule has 2 aliphatic carbocycles. The number of esters is 1. The Morgan fingerprint density at radius 1 is 0.948 bits per heavy atom. The van der Waals surface area contributed by atoms with Crippen LogP contribution >= 0.6 is 11.3 Å². The molecule has 0 radical (unpaired) electrons. The number of ether oxygens (including phenoxy) is 5. The molecule has 6 N–H and O–H groups in total. The predicted molar refractivity (Wildman–Crippen MR) is 290 cm³/mol. The van der Waals surface area contributed by atoms with E-state index in [-0.39, 0.29) is 48.5 Å². The van der Waals surface area contributed by atoms with Gasteiger partial charge in [0, 0.05) is 41.3 Å². The Kier molecular flexibility index (Phi) is 19.0. The monoisotopic (exact) mass is 1100 g/mol. The van der Waals surface area contributed by atoms with Crippen molar-refractivity contribution in [3.63, 3.8) is 0 Å². The number of aromatic nitrogens is 2. The maximum atomic E-state index is 14.6. The number of methoxy groups -OCH3 is 2. The molecule has 1 aliphatic heterocycles. The average molecular weight is 1110 g/mol. The van der Waals surface area contributed by atoms with E-state index in [2.05, 4.69) is 32.6 Å². The summed E-state index contributed by atoms with van der Waals surface area (Å²) in [6.45, 7) is 12.9. The zero-order valence-electron chi connectivity index (χ0n) is 44.7. The van der Waals surface area contributed by atoms with Gasteiger partial charge in [-0.2, -0.15) is 0 Å². The molecule has 2 aromatic heterocycles. The van der Waals surface area contributed by atoms with E-state index in [0.29, 0.717) is 71.0 Å². The highest BCUT2D eigenvalue weighted by Gasteiger charge is 2.61. The number of amides is 4. The molecular weight excluding hydrogens is 1030 g/mol. The van der Waals surface area contributed by atoms with Crippen molar-refractivity contribution >= 4 is 73.1 Å². The third-order valence-electron chi connectivity index (χ3n) is 13.5. The standard InChI is InChI=1S/C54H72N8O13S2/c1-9-33-29-54(33,49(66)61-77(69,70)45-22-17-16-20-38(45)57-46(63)23-13-11-10-12-21-39(48(65)72-8)59-51(67)74-34-18-14-15-19-34)60-47(64)43-27-36(30-62(43)52(68)75-53(4,5)6)73-44-28-41(42-31-76-50(58-42)55-32(2)3)56-40-26-35(71-7)24-25-37(40)44/h9,16-17,20,22,24-26,28,31-34,36,39,43,46,57,63H,1,10-15,18-19,21,23,27,29-30H2,2-8H3,(H,55,58)(H,59,67)(H,60,64)(H,61,66)/t33-,36-,39+,43+,46?,54-/m1/s1. The number of aliphatic hydroxyl groups excluding tert-OH is 1. The third kappa shape index (κ3) is 15.1. The lowest BCUT2D eigenvalue weighted by molar-refractivity contribution is -0.143. The highest BCUT2D eigenvalue weighted by atomic mass is 32.2. The van der Waals surface area contributed by atoms with E-state index in [9.17, 15) is 37.5 Å². The number of carbonyl (C=O) groups is 5. The van der Waals surface area contributed by atoms with Gasteiger partial charge in [0.2, 0.25) is 5.91 Å². The number of likely N-dealkylation sites (tertiary alicyclic amines) is 1. The molecule has 7 rings (SSSR count). The van der Waals surface area contributed by atoms with Gasteiger partial charge in [0.1, 0.15) is 63.7 Å². The maximum absolute atomic E-state index is 14.6. The molecule has 21 nitrogen and oxygen atoms in total. The van der Waals surface area contributed by atoms with Gasteiger partial charge in [0.05, 0.1) is 37.7 Å². The van der Waals surface area contributed by atoms with Crippen LogP contribution in [-0.4, -0.2) is 127 Å². The van der Waals surface area contributed by atoms with Crippen LogP contribution in [0.2, 0.25) is 0 Å². The van der Waals surface area contributed by atoms with Crippen molar-refractivity contribution in [2.24, 2.45) is 5.92 Å². The minimum absolute atomic E-state index is 0.0222. The number of anilines is 2. The van der Waals surface area contributed by atoms with Crippen LogP contribution in [0.1, 0.15) is 112 Å². The van der Waals surface area contributed by atoms with Crippen LogP contribution < -0.4 is 35.5 Å². The number of nitrogens with zero attached hydrogens (tertiary/aromatic N) is 3. The molecule has 2 saturated carbocycles. The lowest BCUT2D eigenvalue weighted by Crippen LogP contribution is -2.56. The molecule has 418 valence electrons. The zero-order valence-corrected chi connectivity index (χ0v) is 46.4. The van der Waals surface area contributed by atoms with Gasteiger partial charge in [-0.15, -0.1) is 17.9 Å². The van der Waals surface area contributed by atoms with Gasteiger partial charge >= 0.3 is 18.2 Å². The van der Waals surface area contributed by atoms with Crippen molar-refractivity contribution in [1.29, 1.82) is 0 Å². The Labute approximate surface area is 453 Å². The Bertz CT molecular complexity index is 2890. The van der Waals surface area contributed by atoms with E-state index in [0.717, 1.165) is 25.7 Å². The lowest BCUT2D eigenvalue weighted by atomic mass is 10.1. The summed E-state index contributed by atoms with van der Waals surface area (Å²) in [5, 5.41) is 25.8. The van der Waals surface area contributed by atoms with Gasteiger partial charge in [0.15, 0.2) is 5.13 Å². The fourth-order valence-corrected chi connectivity index (χ4v) is 11.6. The fraction of sp³-hybridized carbons (Fsp3) is 0.537. The molecule has 77 heavy (non-hydrogen) atoms. The summed E-state index contributed by atoms with van der Waals surface area (Å²) >= 11 is 1.43. The third-order valence-corrected chi connectivity index (χ3v) is 15.7. The van der Waals surface area contributed by atoms with Crippen molar-refractivity contribution in [3.05, 3.63) is 66.6 Å². The van der Waals surface area contributed by atoms with Gasteiger partial charge in [-0.05, 0) is 110 Å². The van der Waals surface area contributed by atoms with Gasteiger partial charge in [-0.3, -0.25) is 14.5 Å². The summed E-state index contributed by atoms with van der Waals surface area (Å²) in [4.78, 5) is 78.0. The Morgan fingerprint density at radius 2 is 1.68 bits per heavy atom. The molecule has 1 unspecified atom stereocenters. The molecule has 0 bridgehead atoms. The van der Waals surface area contributed by atoms with Crippen LogP contribution in [0.5, 0.6) is 11.5 Å². The number of hydrogen-bond donors (Lipinski definition) is 6. The topological polar surface area (TPSA) is 275 Å². The van der Waals surface area contributed by atoms with Gasteiger partial charge in [-0.1, -0.05) is 37.5 Å². The number of para-hydroxylation sites is 1. The summed E-state index contributed by atoms with van der Waals surface area (Å²) in [7, 11) is -1.82. The predicted octanol–water partition coefficient (Wildman–Crippen LogP) is 7.79. The van der Waals surface area contributed by atoms with Crippen molar-refractivity contribution in [2.45, 2.75) is 164 Å². The number of fused-ring (bicyclic) bond motifs is 1. The Morgan fingerprint density at radius 3 is 2.35 bits per heavy atom. The van der Waals surface area contributed by atoms with Crippen molar-refractivity contribution < 1.29 is 61.2 Å². The molecule has 3 aliphatic rings. The molecule has 3 fully saturated rings. The first-order valence-electron chi connectivity index (χ1n) is 26.1. The van der Waals surface area contributed by atoms with Gasteiger partial charge < -0.3 is 50.1 Å². The van der Waals surface area contributed by atoms with E-state index in [1.54, 1.807) is 52.1 Å². The summed E-state index contributed by atoms with van der Waals surface area (Å²) < 4.78 is 58.6. The SMILES string of the molecule is C=C[C@@H]1C[C@]1(NC(=O)[C@@H]1C[C@@H](Oc2cc(-c3csc(NC(C)C)n3)nc3cc(OC)ccc23)CN1C(=O)OC(C)(C)C)C(=O)NS(=O)(=O)c1ccccc1NC(O)CCCCCC[C@H](NC(=O)OC1CCCC1)C(=O)OC. The second kappa shape index (κ2) is 25.2. The number of pyridine rings is 1. The number of rotatable bonds is 24. The van der Waals surface area contributed by atoms with Crippen LogP contribution in [-0.2, 0) is 38.6 Å². The Hall–Kier alpha value is -6.72. The molecule has 2 aromatic carbocycles. The molecular formula is C54H72N8O13S2. The van der Waals surface area contributed by atoms with Crippen molar-refractivity contribution in [1.82, 2.24) is 30.2 Å². The maximum Gasteiger partial charge on any atom is 0.411 e. The fourth-order valence-electron chi connectivity index (χ4n) is 9.51. The summed E-state index contributed by atoms with van der Waals surface area (Å²) in [6.07, 6.45) is 4.50. The first-order chi connectivity index (χ1) is 36.6. The van der Waals surface area contributed by atoms with Gasteiger partial charge in [-0.25, -0.2) is 37.5 Å². The highest BCUT2D eigenvalue weighted by Crippen LogP contribution is 2.46. The summed E-state index contributed by atoms with van der Waals surface area (Å²) in [5.41, 5.74) is -0.966. The van der Waals surface area contributed by atoms with Gasteiger partial charge in [0.25, 0.3) is 15.9 Å². The second-order valence-corrected chi connectivity index (χ2v) is 23.5. The Balaban J connectivity index is 0.997. The highest BCUT2D eigenvalue weighted by molar-refractivity contribution is 7.90. The first-order valence-corrected chi connectivity index (χ1v) is 28.5. The van der Waals surface area contributed by atoms with Crippen LogP contribution in [0.25, 0.3) is 22.3 Å². The van der Waals surface area contributed by atoms with Crippen molar-refractivity contribution in [2.75, 3.05) is 31.4 Å². The van der Waals surface area contributed by atoms with E-state index in [4.69, 9.17) is 33.7 Å². The summed E-state index contributed by atoms with van der Waals surface area (Å²) in [6, 6.07) is 11.0. The number of sulfonamides is 1. The normalized spacial score (nSPS) is 20.2. The number of thiazole rings is 1.